The fourth-order valence-corrected chi connectivity index (χ4v) is 4.23. The zero-order valence-electron chi connectivity index (χ0n) is 19.3. The molecule has 7 heteroatoms. The molecule has 2 saturated heterocycles. The number of hydrogen-bond acceptors (Lipinski definition) is 4. The predicted octanol–water partition coefficient (Wildman–Crippen LogP) is 2.03. The van der Waals surface area contributed by atoms with E-state index in [0.717, 1.165) is 84.2 Å². The van der Waals surface area contributed by atoms with Gasteiger partial charge < -0.3 is 19.9 Å². The number of amides is 1. The highest BCUT2D eigenvalue weighted by Crippen LogP contribution is 2.14. The van der Waals surface area contributed by atoms with E-state index in [-0.39, 0.29) is 12.1 Å². The first-order valence-electron chi connectivity index (χ1n) is 11.7. The number of carbonyl (C=O) groups excluding carboxylic acids is 1. The average Bonchev–Trinajstić information content (AvgIpc) is 3.26. The minimum atomic E-state index is -0.0206. The summed E-state index contributed by atoms with van der Waals surface area (Å²) in [5.41, 5.74) is 0. The van der Waals surface area contributed by atoms with Gasteiger partial charge in [-0.3, -0.25) is 14.7 Å². The van der Waals surface area contributed by atoms with Crippen molar-refractivity contribution in [1.82, 2.24) is 20.0 Å². The van der Waals surface area contributed by atoms with Crippen molar-refractivity contribution in [3.8, 4) is 0 Å². The van der Waals surface area contributed by atoms with Gasteiger partial charge in [0.25, 0.3) is 0 Å². The number of hydrogen-bond donors (Lipinski definition) is 1. The first-order valence-corrected chi connectivity index (χ1v) is 11.7. The standard InChI is InChI=1S/C22H43N5O2/c1-6-23-22(24-11-10-20(18(3)4)29-7-2)27-16-14-25(15-17-27)19(5)21(28)26-12-8-9-13-26/h18-20H,6-17H2,1-5H3,(H,23,24). The van der Waals surface area contributed by atoms with E-state index in [1.165, 1.54) is 0 Å². The van der Waals surface area contributed by atoms with Crippen molar-refractivity contribution in [3.05, 3.63) is 0 Å². The monoisotopic (exact) mass is 409 g/mol. The van der Waals surface area contributed by atoms with Crippen molar-refractivity contribution in [2.45, 2.75) is 66.0 Å². The molecule has 0 aliphatic carbocycles. The van der Waals surface area contributed by atoms with E-state index in [4.69, 9.17) is 9.73 Å². The molecular formula is C22H43N5O2. The Balaban J connectivity index is 1.85. The number of likely N-dealkylation sites (tertiary alicyclic amines) is 1. The second-order valence-electron chi connectivity index (χ2n) is 8.49. The summed E-state index contributed by atoms with van der Waals surface area (Å²) < 4.78 is 5.85. The molecule has 0 aromatic rings. The summed E-state index contributed by atoms with van der Waals surface area (Å²) in [6.45, 7) is 18.5. The highest BCUT2D eigenvalue weighted by molar-refractivity contribution is 5.82. The highest BCUT2D eigenvalue weighted by atomic mass is 16.5. The molecular weight excluding hydrogens is 366 g/mol. The Morgan fingerprint density at radius 2 is 1.66 bits per heavy atom. The summed E-state index contributed by atoms with van der Waals surface area (Å²) in [4.78, 5) is 24.3. The minimum absolute atomic E-state index is 0.0206. The van der Waals surface area contributed by atoms with Gasteiger partial charge in [0, 0.05) is 59.0 Å². The van der Waals surface area contributed by atoms with Gasteiger partial charge in [-0.1, -0.05) is 13.8 Å². The third-order valence-corrected chi connectivity index (χ3v) is 6.07. The number of piperazine rings is 1. The van der Waals surface area contributed by atoms with Crippen LogP contribution in [-0.4, -0.2) is 97.7 Å². The Morgan fingerprint density at radius 3 is 2.21 bits per heavy atom. The van der Waals surface area contributed by atoms with Gasteiger partial charge in [0.1, 0.15) is 0 Å². The Morgan fingerprint density at radius 1 is 1.00 bits per heavy atom. The van der Waals surface area contributed by atoms with Crippen LogP contribution in [0.2, 0.25) is 0 Å². The fourth-order valence-electron chi connectivity index (χ4n) is 4.23. The van der Waals surface area contributed by atoms with Crippen LogP contribution in [-0.2, 0) is 9.53 Å². The van der Waals surface area contributed by atoms with Gasteiger partial charge >= 0.3 is 0 Å². The quantitative estimate of drug-likeness (QED) is 0.466. The molecule has 1 amide bonds. The van der Waals surface area contributed by atoms with Crippen LogP contribution in [0.4, 0.5) is 0 Å². The number of nitrogens with one attached hydrogen (secondary N) is 1. The van der Waals surface area contributed by atoms with Gasteiger partial charge in [-0.05, 0) is 46.0 Å². The molecule has 7 nitrogen and oxygen atoms in total. The smallest absolute Gasteiger partial charge is 0.239 e. The number of nitrogens with zero attached hydrogens (tertiary/aromatic N) is 4. The van der Waals surface area contributed by atoms with E-state index in [2.05, 4.69) is 49.7 Å². The average molecular weight is 410 g/mol. The fraction of sp³-hybridized carbons (Fsp3) is 0.909. The van der Waals surface area contributed by atoms with E-state index < -0.39 is 0 Å². The molecule has 0 aromatic carbocycles. The van der Waals surface area contributed by atoms with E-state index in [1.807, 2.05) is 4.90 Å². The van der Waals surface area contributed by atoms with Crippen molar-refractivity contribution in [2.24, 2.45) is 10.9 Å². The highest BCUT2D eigenvalue weighted by Gasteiger charge is 2.30. The summed E-state index contributed by atoms with van der Waals surface area (Å²) in [7, 11) is 0. The first kappa shape index (κ1) is 23.9. The van der Waals surface area contributed by atoms with E-state index in [0.29, 0.717) is 11.8 Å². The van der Waals surface area contributed by atoms with Crippen LogP contribution in [0.1, 0.15) is 53.9 Å². The molecule has 0 aromatic heterocycles. The van der Waals surface area contributed by atoms with Crippen molar-refractivity contribution in [3.63, 3.8) is 0 Å². The molecule has 0 saturated carbocycles. The summed E-state index contributed by atoms with van der Waals surface area (Å²) in [6.07, 6.45) is 3.51. The molecule has 2 fully saturated rings. The molecule has 168 valence electrons. The maximum Gasteiger partial charge on any atom is 0.239 e. The zero-order chi connectivity index (χ0) is 21.2. The maximum atomic E-state index is 12.7. The van der Waals surface area contributed by atoms with E-state index in [9.17, 15) is 4.79 Å². The molecule has 29 heavy (non-hydrogen) atoms. The van der Waals surface area contributed by atoms with Gasteiger partial charge in [0.15, 0.2) is 5.96 Å². The topological polar surface area (TPSA) is 60.4 Å². The molecule has 2 unspecified atom stereocenters. The summed E-state index contributed by atoms with van der Waals surface area (Å²) >= 11 is 0. The molecule has 1 N–H and O–H groups in total. The molecule has 0 bridgehead atoms. The second kappa shape index (κ2) is 12.4. The number of guanidine groups is 1. The second-order valence-corrected chi connectivity index (χ2v) is 8.49. The number of rotatable bonds is 9. The number of aliphatic imine (C=N–C) groups is 1. The Bertz CT molecular complexity index is 511. The third-order valence-electron chi connectivity index (χ3n) is 6.07. The van der Waals surface area contributed by atoms with Gasteiger partial charge in [0.2, 0.25) is 5.91 Å². The van der Waals surface area contributed by atoms with Crippen LogP contribution in [0.3, 0.4) is 0 Å². The Kier molecular flexibility index (Phi) is 10.2. The van der Waals surface area contributed by atoms with E-state index >= 15 is 0 Å². The van der Waals surface area contributed by atoms with Crippen LogP contribution in [0.5, 0.6) is 0 Å². The third kappa shape index (κ3) is 7.14. The van der Waals surface area contributed by atoms with Crippen molar-refractivity contribution in [2.75, 3.05) is 59.0 Å². The number of ether oxygens (including phenoxy) is 1. The molecule has 2 aliphatic rings. The molecule has 0 radical (unpaired) electrons. The van der Waals surface area contributed by atoms with Crippen LogP contribution in [0.25, 0.3) is 0 Å². The molecule has 2 heterocycles. The lowest BCUT2D eigenvalue weighted by atomic mass is 10.0. The summed E-state index contributed by atoms with van der Waals surface area (Å²) in [5.74, 6) is 1.79. The van der Waals surface area contributed by atoms with Crippen LogP contribution < -0.4 is 5.32 Å². The van der Waals surface area contributed by atoms with Crippen LogP contribution in [0.15, 0.2) is 4.99 Å². The molecule has 2 atom stereocenters. The van der Waals surface area contributed by atoms with Gasteiger partial charge in [-0.2, -0.15) is 0 Å². The minimum Gasteiger partial charge on any atom is -0.378 e. The lowest BCUT2D eigenvalue weighted by Crippen LogP contribution is -2.57. The lowest BCUT2D eigenvalue weighted by molar-refractivity contribution is -0.135. The summed E-state index contributed by atoms with van der Waals surface area (Å²) in [5, 5.41) is 3.44. The normalized spacial score (nSPS) is 21.0. The predicted molar refractivity (Wildman–Crippen MR) is 119 cm³/mol. The van der Waals surface area contributed by atoms with E-state index in [1.54, 1.807) is 0 Å². The van der Waals surface area contributed by atoms with Crippen LogP contribution >= 0.6 is 0 Å². The Hall–Kier alpha value is -1.34. The molecule has 0 spiro atoms. The van der Waals surface area contributed by atoms with Crippen molar-refractivity contribution >= 4 is 11.9 Å². The van der Waals surface area contributed by atoms with Gasteiger partial charge in [-0.25, -0.2) is 0 Å². The van der Waals surface area contributed by atoms with Crippen LogP contribution in [0, 0.1) is 5.92 Å². The Labute approximate surface area is 177 Å². The molecule has 2 aliphatic heterocycles. The van der Waals surface area contributed by atoms with Gasteiger partial charge in [0.05, 0.1) is 12.1 Å². The SMILES string of the molecule is CCNC(=NCCC(OCC)C(C)C)N1CCN(C(C)C(=O)N2CCCC2)CC1. The summed E-state index contributed by atoms with van der Waals surface area (Å²) in [6, 6.07) is -0.0206. The lowest BCUT2D eigenvalue weighted by Gasteiger charge is -2.39. The zero-order valence-corrected chi connectivity index (χ0v) is 19.3. The first-order chi connectivity index (χ1) is 14.0. The number of carbonyl (C=O) groups is 1. The van der Waals surface area contributed by atoms with Crippen molar-refractivity contribution in [1.29, 1.82) is 0 Å². The van der Waals surface area contributed by atoms with Gasteiger partial charge in [-0.15, -0.1) is 0 Å². The van der Waals surface area contributed by atoms with Crippen molar-refractivity contribution < 1.29 is 9.53 Å². The molecule has 2 rings (SSSR count). The maximum absolute atomic E-state index is 12.7. The largest absolute Gasteiger partial charge is 0.378 e.